The molecule has 140 valence electrons. The third kappa shape index (κ3) is 4.08. The third-order valence-corrected chi connectivity index (χ3v) is 5.35. The second kappa shape index (κ2) is 7.61. The highest BCUT2D eigenvalue weighted by atomic mass is 19.1. The molecule has 0 amide bonds. The molecule has 4 rings (SSSR count). The van der Waals surface area contributed by atoms with Gasteiger partial charge in [0, 0.05) is 25.5 Å². The molecule has 2 aromatic heterocycles. The van der Waals surface area contributed by atoms with Crippen LogP contribution in [-0.2, 0) is 20.0 Å². The Morgan fingerprint density at radius 1 is 1.11 bits per heavy atom. The molecule has 0 spiro atoms. The van der Waals surface area contributed by atoms with Crippen molar-refractivity contribution in [2.24, 2.45) is 7.05 Å². The average molecular weight is 364 g/mol. The predicted octanol–water partition coefficient (Wildman–Crippen LogP) is 4.19. The van der Waals surface area contributed by atoms with Crippen molar-refractivity contribution >= 4 is 0 Å². The van der Waals surface area contributed by atoms with Crippen LogP contribution in [0.2, 0.25) is 0 Å². The molecule has 0 N–H and O–H groups in total. The molecule has 3 aromatic rings. The van der Waals surface area contributed by atoms with Gasteiger partial charge in [-0.15, -0.1) is 0 Å². The van der Waals surface area contributed by atoms with Gasteiger partial charge in [-0.3, -0.25) is 14.6 Å². The summed E-state index contributed by atoms with van der Waals surface area (Å²) in [6.45, 7) is 4.03. The Hall–Kier alpha value is -2.53. The number of likely N-dealkylation sites (tertiary alicyclic amines) is 1. The highest BCUT2D eigenvalue weighted by molar-refractivity contribution is 5.30. The number of aryl methyl sites for hydroxylation is 2. The number of halogens is 1. The van der Waals surface area contributed by atoms with E-state index in [1.54, 1.807) is 0 Å². The molecule has 1 atom stereocenters. The summed E-state index contributed by atoms with van der Waals surface area (Å²) in [6.07, 6.45) is 4.97. The van der Waals surface area contributed by atoms with Gasteiger partial charge in [0.2, 0.25) is 0 Å². The Bertz CT molecular complexity index is 916. The zero-order valence-corrected chi connectivity index (χ0v) is 15.9. The molecule has 3 heterocycles. The van der Waals surface area contributed by atoms with Crippen LogP contribution in [0.1, 0.15) is 47.1 Å². The van der Waals surface area contributed by atoms with Crippen molar-refractivity contribution in [2.45, 2.75) is 38.8 Å². The standard InChI is InChI=1S/C22H25FN4/c1-16-12-18(13-17-5-7-19(23)8-6-17)14-21(25-16)22-4-3-11-27(22)15-20-9-10-24-26(20)2/h5-10,12,14,22H,3-4,11,13,15H2,1-2H3. The molecule has 1 saturated heterocycles. The first-order valence-electron chi connectivity index (χ1n) is 9.51. The lowest BCUT2D eigenvalue weighted by atomic mass is 10.0. The van der Waals surface area contributed by atoms with Crippen molar-refractivity contribution in [2.75, 3.05) is 6.54 Å². The van der Waals surface area contributed by atoms with Crippen LogP contribution in [0.4, 0.5) is 4.39 Å². The molecule has 0 bridgehead atoms. The summed E-state index contributed by atoms with van der Waals surface area (Å²) in [5, 5.41) is 4.29. The minimum atomic E-state index is -0.192. The van der Waals surface area contributed by atoms with Crippen LogP contribution >= 0.6 is 0 Å². The molecule has 0 aliphatic carbocycles. The maximum Gasteiger partial charge on any atom is 0.123 e. The fourth-order valence-electron chi connectivity index (χ4n) is 3.99. The van der Waals surface area contributed by atoms with Gasteiger partial charge in [0.05, 0.1) is 17.4 Å². The Labute approximate surface area is 159 Å². The van der Waals surface area contributed by atoms with E-state index in [0.717, 1.165) is 42.9 Å². The minimum absolute atomic E-state index is 0.192. The van der Waals surface area contributed by atoms with Crippen LogP contribution < -0.4 is 0 Å². The summed E-state index contributed by atoms with van der Waals surface area (Å²) in [5.74, 6) is -0.192. The SMILES string of the molecule is Cc1cc(Cc2ccc(F)cc2)cc(C2CCCN2Cc2ccnn2C)n1. The highest BCUT2D eigenvalue weighted by Gasteiger charge is 2.28. The lowest BCUT2D eigenvalue weighted by Crippen LogP contribution is -2.25. The molecular weight excluding hydrogens is 339 g/mol. The van der Waals surface area contributed by atoms with Crippen LogP contribution in [0, 0.1) is 12.7 Å². The monoisotopic (exact) mass is 364 g/mol. The van der Waals surface area contributed by atoms with E-state index in [0.29, 0.717) is 6.04 Å². The molecule has 1 unspecified atom stereocenters. The zero-order valence-electron chi connectivity index (χ0n) is 15.9. The van der Waals surface area contributed by atoms with Crippen LogP contribution in [0.25, 0.3) is 0 Å². The number of pyridine rings is 1. The number of rotatable bonds is 5. The molecule has 1 aliphatic heterocycles. The second-order valence-corrected chi connectivity index (χ2v) is 7.42. The Balaban J connectivity index is 1.56. The summed E-state index contributed by atoms with van der Waals surface area (Å²) in [6, 6.07) is 13.5. The van der Waals surface area contributed by atoms with Gasteiger partial charge in [-0.2, -0.15) is 5.10 Å². The van der Waals surface area contributed by atoms with Crippen LogP contribution in [0.15, 0.2) is 48.7 Å². The maximum atomic E-state index is 13.2. The number of aromatic nitrogens is 3. The Morgan fingerprint density at radius 3 is 2.67 bits per heavy atom. The lowest BCUT2D eigenvalue weighted by Gasteiger charge is -2.24. The fourth-order valence-corrected chi connectivity index (χ4v) is 3.99. The van der Waals surface area contributed by atoms with Gasteiger partial charge in [0.1, 0.15) is 5.82 Å². The first kappa shape index (κ1) is 17.9. The first-order chi connectivity index (χ1) is 13.1. The van der Waals surface area contributed by atoms with E-state index in [2.05, 4.69) is 35.1 Å². The average Bonchev–Trinajstić information content (AvgIpc) is 3.26. The maximum absolute atomic E-state index is 13.2. The van der Waals surface area contributed by atoms with Gasteiger partial charge >= 0.3 is 0 Å². The summed E-state index contributed by atoms with van der Waals surface area (Å²) < 4.78 is 15.1. The van der Waals surface area contributed by atoms with E-state index in [1.807, 2.05) is 30.1 Å². The molecule has 1 aromatic carbocycles. The van der Waals surface area contributed by atoms with E-state index < -0.39 is 0 Å². The number of hydrogen-bond donors (Lipinski definition) is 0. The summed E-state index contributed by atoms with van der Waals surface area (Å²) in [7, 11) is 1.99. The lowest BCUT2D eigenvalue weighted by molar-refractivity contribution is 0.238. The van der Waals surface area contributed by atoms with E-state index in [9.17, 15) is 4.39 Å². The number of benzene rings is 1. The highest BCUT2D eigenvalue weighted by Crippen LogP contribution is 2.33. The topological polar surface area (TPSA) is 34.0 Å². The van der Waals surface area contributed by atoms with Gasteiger partial charge in [-0.25, -0.2) is 4.39 Å². The molecule has 1 aliphatic rings. The van der Waals surface area contributed by atoms with Gasteiger partial charge < -0.3 is 0 Å². The van der Waals surface area contributed by atoms with E-state index in [1.165, 1.54) is 29.8 Å². The third-order valence-electron chi connectivity index (χ3n) is 5.35. The van der Waals surface area contributed by atoms with Crippen molar-refractivity contribution in [3.05, 3.63) is 82.7 Å². The van der Waals surface area contributed by atoms with Crippen LogP contribution in [0.5, 0.6) is 0 Å². The first-order valence-corrected chi connectivity index (χ1v) is 9.51. The normalized spacial score (nSPS) is 17.5. The quantitative estimate of drug-likeness (QED) is 0.681. The van der Waals surface area contributed by atoms with E-state index in [-0.39, 0.29) is 5.82 Å². The summed E-state index contributed by atoms with van der Waals surface area (Å²) in [5.41, 5.74) is 5.76. The Morgan fingerprint density at radius 2 is 1.93 bits per heavy atom. The summed E-state index contributed by atoms with van der Waals surface area (Å²) >= 11 is 0. The predicted molar refractivity (Wildman–Crippen MR) is 104 cm³/mol. The van der Waals surface area contributed by atoms with Gasteiger partial charge in [0.15, 0.2) is 0 Å². The minimum Gasteiger partial charge on any atom is -0.289 e. The molecule has 1 fully saturated rings. The van der Waals surface area contributed by atoms with Crippen LogP contribution in [-0.4, -0.2) is 26.2 Å². The molecule has 0 saturated carbocycles. The van der Waals surface area contributed by atoms with Gasteiger partial charge in [0.25, 0.3) is 0 Å². The number of nitrogens with zero attached hydrogens (tertiary/aromatic N) is 4. The second-order valence-electron chi connectivity index (χ2n) is 7.42. The Kier molecular flexibility index (Phi) is 5.03. The molecule has 5 heteroatoms. The van der Waals surface area contributed by atoms with Crippen LogP contribution in [0.3, 0.4) is 0 Å². The molecule has 4 nitrogen and oxygen atoms in total. The molecular formula is C22H25FN4. The number of hydrogen-bond acceptors (Lipinski definition) is 3. The van der Waals surface area contributed by atoms with Crippen molar-refractivity contribution in [3.8, 4) is 0 Å². The molecule has 0 radical (unpaired) electrons. The fraction of sp³-hybridized carbons (Fsp3) is 0.364. The van der Waals surface area contributed by atoms with Gasteiger partial charge in [-0.1, -0.05) is 12.1 Å². The molecule has 27 heavy (non-hydrogen) atoms. The van der Waals surface area contributed by atoms with Crippen molar-refractivity contribution in [3.63, 3.8) is 0 Å². The van der Waals surface area contributed by atoms with Crippen molar-refractivity contribution in [1.82, 2.24) is 19.7 Å². The zero-order chi connectivity index (χ0) is 18.8. The van der Waals surface area contributed by atoms with Crippen molar-refractivity contribution in [1.29, 1.82) is 0 Å². The van der Waals surface area contributed by atoms with E-state index >= 15 is 0 Å². The largest absolute Gasteiger partial charge is 0.289 e. The van der Waals surface area contributed by atoms with Crippen molar-refractivity contribution < 1.29 is 4.39 Å². The van der Waals surface area contributed by atoms with Gasteiger partial charge in [-0.05, 0) is 74.2 Å². The smallest absolute Gasteiger partial charge is 0.123 e. The summed E-state index contributed by atoms with van der Waals surface area (Å²) in [4.78, 5) is 7.35. The van der Waals surface area contributed by atoms with E-state index in [4.69, 9.17) is 4.98 Å².